The highest BCUT2D eigenvalue weighted by atomic mass is 19.1. The van der Waals surface area contributed by atoms with Gasteiger partial charge in [-0.15, -0.1) is 0 Å². The van der Waals surface area contributed by atoms with Crippen LogP contribution in [-0.4, -0.2) is 15.5 Å². The predicted molar refractivity (Wildman–Crippen MR) is 92.1 cm³/mol. The molecule has 0 saturated heterocycles. The van der Waals surface area contributed by atoms with E-state index in [9.17, 15) is 9.18 Å². The zero-order valence-corrected chi connectivity index (χ0v) is 15.0. The minimum atomic E-state index is -0.617. The molecule has 0 atom stereocenters. The SMILES string of the molecule is CC(C)(C)CC(=O)Nc1nc2ccc(C#N)c(F)c2n1C(C)(C)C. The maximum Gasteiger partial charge on any atom is 0.227 e. The Kier molecular flexibility index (Phi) is 4.40. The number of carbonyl (C=O) groups excluding carboxylic acids is 1. The molecule has 24 heavy (non-hydrogen) atoms. The number of aromatic nitrogens is 2. The largest absolute Gasteiger partial charge is 0.302 e. The third-order valence-corrected chi connectivity index (χ3v) is 3.49. The number of imidazole rings is 1. The van der Waals surface area contributed by atoms with Gasteiger partial charge in [-0.2, -0.15) is 5.26 Å². The van der Waals surface area contributed by atoms with Crippen molar-refractivity contribution in [2.24, 2.45) is 5.41 Å². The fourth-order valence-electron chi connectivity index (χ4n) is 2.60. The van der Waals surface area contributed by atoms with Crippen molar-refractivity contribution in [3.05, 3.63) is 23.5 Å². The minimum absolute atomic E-state index is 0.0412. The van der Waals surface area contributed by atoms with Crippen molar-refractivity contribution in [2.75, 3.05) is 5.32 Å². The van der Waals surface area contributed by atoms with Crippen LogP contribution in [0.25, 0.3) is 11.0 Å². The Morgan fingerprint density at radius 3 is 2.42 bits per heavy atom. The first-order chi connectivity index (χ1) is 10.9. The van der Waals surface area contributed by atoms with E-state index in [1.807, 2.05) is 47.6 Å². The molecule has 0 saturated carbocycles. The van der Waals surface area contributed by atoms with Crippen LogP contribution in [-0.2, 0) is 10.3 Å². The Labute approximate surface area is 141 Å². The van der Waals surface area contributed by atoms with Crippen LogP contribution in [0.2, 0.25) is 0 Å². The lowest BCUT2D eigenvalue weighted by Crippen LogP contribution is -2.27. The van der Waals surface area contributed by atoms with E-state index >= 15 is 0 Å². The van der Waals surface area contributed by atoms with E-state index in [4.69, 9.17) is 5.26 Å². The molecule has 6 heteroatoms. The van der Waals surface area contributed by atoms with Crippen LogP contribution >= 0.6 is 0 Å². The van der Waals surface area contributed by atoms with Crippen LogP contribution in [0.1, 0.15) is 53.5 Å². The van der Waals surface area contributed by atoms with Crippen molar-refractivity contribution >= 4 is 22.9 Å². The molecular formula is C18H23FN4O. The fourth-order valence-corrected chi connectivity index (χ4v) is 2.60. The molecule has 2 rings (SSSR count). The number of hydrogen-bond donors (Lipinski definition) is 1. The van der Waals surface area contributed by atoms with E-state index in [2.05, 4.69) is 10.3 Å². The number of rotatable bonds is 2. The van der Waals surface area contributed by atoms with Crippen molar-refractivity contribution in [3.8, 4) is 6.07 Å². The third-order valence-electron chi connectivity index (χ3n) is 3.49. The number of nitrogens with one attached hydrogen (secondary N) is 1. The maximum atomic E-state index is 14.7. The average molecular weight is 330 g/mol. The summed E-state index contributed by atoms with van der Waals surface area (Å²) in [7, 11) is 0. The summed E-state index contributed by atoms with van der Waals surface area (Å²) in [6.07, 6.45) is 0.326. The molecule has 2 aromatic rings. The summed E-state index contributed by atoms with van der Waals surface area (Å²) in [6, 6.07) is 4.84. The van der Waals surface area contributed by atoms with Gasteiger partial charge in [0.15, 0.2) is 5.82 Å². The van der Waals surface area contributed by atoms with E-state index in [0.717, 1.165) is 0 Å². The second kappa shape index (κ2) is 5.90. The van der Waals surface area contributed by atoms with E-state index in [0.29, 0.717) is 17.9 Å². The Hall–Kier alpha value is -2.42. The lowest BCUT2D eigenvalue weighted by atomic mass is 9.92. The van der Waals surface area contributed by atoms with E-state index in [1.54, 1.807) is 10.6 Å². The van der Waals surface area contributed by atoms with Gasteiger partial charge in [0.25, 0.3) is 0 Å². The first-order valence-electron chi connectivity index (χ1n) is 7.85. The monoisotopic (exact) mass is 330 g/mol. The Morgan fingerprint density at radius 2 is 1.92 bits per heavy atom. The van der Waals surface area contributed by atoms with Gasteiger partial charge in [-0.1, -0.05) is 20.8 Å². The van der Waals surface area contributed by atoms with E-state index < -0.39 is 11.4 Å². The first-order valence-corrected chi connectivity index (χ1v) is 7.85. The molecule has 0 unspecified atom stereocenters. The Bertz CT molecular complexity index is 832. The molecule has 0 radical (unpaired) electrons. The highest BCUT2D eigenvalue weighted by Crippen LogP contribution is 2.31. The van der Waals surface area contributed by atoms with Crippen LogP contribution in [0.3, 0.4) is 0 Å². The molecule has 0 fully saturated rings. The molecule has 5 nitrogen and oxygen atoms in total. The highest BCUT2D eigenvalue weighted by molar-refractivity contribution is 5.92. The number of anilines is 1. The summed E-state index contributed by atoms with van der Waals surface area (Å²) in [6.45, 7) is 11.6. The van der Waals surface area contributed by atoms with Gasteiger partial charge in [-0.3, -0.25) is 10.1 Å². The number of benzene rings is 1. The van der Waals surface area contributed by atoms with Gasteiger partial charge in [-0.05, 0) is 38.3 Å². The highest BCUT2D eigenvalue weighted by Gasteiger charge is 2.27. The summed E-state index contributed by atoms with van der Waals surface area (Å²) in [5, 5.41) is 11.9. The molecule has 0 spiro atoms. The second-order valence-electron chi connectivity index (χ2n) is 8.13. The zero-order chi connectivity index (χ0) is 18.3. The molecular weight excluding hydrogens is 307 g/mol. The van der Waals surface area contributed by atoms with Gasteiger partial charge >= 0.3 is 0 Å². The summed E-state index contributed by atoms with van der Waals surface area (Å²) >= 11 is 0. The molecule has 128 valence electrons. The lowest BCUT2D eigenvalue weighted by molar-refractivity contribution is -0.117. The first kappa shape index (κ1) is 17.9. The number of nitrogens with zero attached hydrogens (tertiary/aromatic N) is 3. The quantitative estimate of drug-likeness (QED) is 0.898. The van der Waals surface area contributed by atoms with Crippen LogP contribution in [0.4, 0.5) is 10.3 Å². The topological polar surface area (TPSA) is 70.7 Å². The normalized spacial score (nSPS) is 12.2. The van der Waals surface area contributed by atoms with Crippen molar-refractivity contribution in [3.63, 3.8) is 0 Å². The van der Waals surface area contributed by atoms with E-state index in [1.165, 1.54) is 6.07 Å². The Balaban J connectivity index is 2.61. The average Bonchev–Trinajstić information content (AvgIpc) is 2.75. The molecule has 1 aromatic heterocycles. The van der Waals surface area contributed by atoms with Crippen molar-refractivity contribution < 1.29 is 9.18 Å². The van der Waals surface area contributed by atoms with Gasteiger partial charge in [0.05, 0.1) is 11.1 Å². The summed E-state index contributed by atoms with van der Waals surface area (Å²) in [5.74, 6) is -0.501. The van der Waals surface area contributed by atoms with Crippen LogP contribution < -0.4 is 5.32 Å². The number of carbonyl (C=O) groups is 1. The van der Waals surface area contributed by atoms with Gasteiger partial charge in [0.2, 0.25) is 11.9 Å². The second-order valence-corrected chi connectivity index (χ2v) is 8.13. The standard InChI is InChI=1S/C18H23FN4O/c1-17(2,3)9-13(24)22-16-21-12-8-7-11(10-20)14(19)15(12)23(16)18(4,5)6/h7-8H,9H2,1-6H3,(H,21,22,24). The van der Waals surface area contributed by atoms with Gasteiger partial charge in [0, 0.05) is 12.0 Å². The smallest absolute Gasteiger partial charge is 0.227 e. The Morgan fingerprint density at radius 1 is 1.29 bits per heavy atom. The van der Waals surface area contributed by atoms with Crippen molar-refractivity contribution in [1.29, 1.82) is 5.26 Å². The van der Waals surface area contributed by atoms with Gasteiger partial charge in [0.1, 0.15) is 11.6 Å². The zero-order valence-electron chi connectivity index (χ0n) is 15.0. The number of amides is 1. The maximum absolute atomic E-state index is 14.7. The lowest BCUT2D eigenvalue weighted by Gasteiger charge is -2.25. The third kappa shape index (κ3) is 3.56. The predicted octanol–water partition coefficient (Wildman–Crippen LogP) is 4.18. The molecule has 1 amide bonds. The fraction of sp³-hybridized carbons (Fsp3) is 0.500. The van der Waals surface area contributed by atoms with Crippen molar-refractivity contribution in [1.82, 2.24) is 9.55 Å². The molecule has 0 aliphatic heterocycles. The molecule has 1 N–H and O–H groups in total. The molecule has 0 aliphatic carbocycles. The van der Waals surface area contributed by atoms with Gasteiger partial charge in [-0.25, -0.2) is 9.37 Å². The molecule has 0 bridgehead atoms. The summed E-state index contributed by atoms with van der Waals surface area (Å²) in [4.78, 5) is 16.6. The number of halogens is 1. The van der Waals surface area contributed by atoms with Crippen molar-refractivity contribution in [2.45, 2.75) is 53.5 Å². The van der Waals surface area contributed by atoms with Crippen LogP contribution in [0, 0.1) is 22.6 Å². The molecule has 1 aromatic carbocycles. The molecule has 1 heterocycles. The van der Waals surface area contributed by atoms with E-state index in [-0.39, 0.29) is 22.4 Å². The minimum Gasteiger partial charge on any atom is -0.302 e. The van der Waals surface area contributed by atoms with Gasteiger partial charge < -0.3 is 4.57 Å². The number of nitriles is 1. The number of hydrogen-bond acceptors (Lipinski definition) is 3. The van der Waals surface area contributed by atoms with Crippen LogP contribution in [0.5, 0.6) is 0 Å². The summed E-state index contributed by atoms with van der Waals surface area (Å²) in [5.41, 5.74) is -0.0869. The number of fused-ring (bicyclic) bond motifs is 1. The molecule has 0 aliphatic rings. The van der Waals surface area contributed by atoms with Crippen LogP contribution in [0.15, 0.2) is 12.1 Å². The summed E-state index contributed by atoms with van der Waals surface area (Å²) < 4.78 is 16.3.